The van der Waals surface area contributed by atoms with Gasteiger partial charge < -0.3 is 10.2 Å². The molecule has 2 N–H and O–H groups in total. The highest BCUT2D eigenvalue weighted by molar-refractivity contribution is 5.79. The summed E-state index contributed by atoms with van der Waals surface area (Å²) in [5.74, 6) is 0.960. The normalized spacial score (nSPS) is 11.6. The largest absolute Gasteiger partial charge is 0.357 e. The summed E-state index contributed by atoms with van der Waals surface area (Å²) in [6.07, 6.45) is 3.94. The van der Waals surface area contributed by atoms with Crippen molar-refractivity contribution in [1.29, 1.82) is 0 Å². The number of nitrogens with one attached hydrogen (secondary N) is 2. The lowest BCUT2D eigenvalue weighted by atomic mass is 10.1. The van der Waals surface area contributed by atoms with Crippen molar-refractivity contribution in [2.24, 2.45) is 4.99 Å². The Balaban J connectivity index is 1.89. The Bertz CT molecular complexity index is 642. The highest BCUT2D eigenvalue weighted by Gasteiger charge is 2.06. The fraction of sp³-hybridized carbons (Fsp3) is 0.474. The first kappa shape index (κ1) is 18.0. The molecule has 0 amide bonds. The summed E-state index contributed by atoms with van der Waals surface area (Å²) < 4.78 is 0. The number of benzene rings is 1. The summed E-state index contributed by atoms with van der Waals surface area (Å²) in [5, 5.41) is 10.4. The molecule has 5 nitrogen and oxygen atoms in total. The van der Waals surface area contributed by atoms with Crippen molar-refractivity contribution in [3.63, 3.8) is 0 Å². The number of aromatic amines is 1. The molecular weight excluding hydrogens is 298 g/mol. The monoisotopic (exact) mass is 327 g/mol. The fourth-order valence-corrected chi connectivity index (χ4v) is 2.59. The first-order chi connectivity index (χ1) is 11.6. The maximum absolute atomic E-state index is 4.76. The van der Waals surface area contributed by atoms with Gasteiger partial charge in [0, 0.05) is 32.4 Å². The molecule has 2 rings (SSSR count). The van der Waals surface area contributed by atoms with Crippen molar-refractivity contribution >= 4 is 5.96 Å². The van der Waals surface area contributed by atoms with Gasteiger partial charge in [0.2, 0.25) is 0 Å². The van der Waals surface area contributed by atoms with Crippen LogP contribution in [0.2, 0.25) is 0 Å². The maximum Gasteiger partial charge on any atom is 0.193 e. The van der Waals surface area contributed by atoms with Crippen LogP contribution in [-0.2, 0) is 13.0 Å². The Morgan fingerprint density at radius 3 is 2.62 bits per heavy atom. The zero-order valence-electron chi connectivity index (χ0n) is 15.3. The van der Waals surface area contributed by atoms with Gasteiger partial charge >= 0.3 is 0 Å². The minimum Gasteiger partial charge on any atom is -0.357 e. The minimum atomic E-state index is 0.811. The highest BCUT2D eigenvalue weighted by atomic mass is 15.3. The molecule has 0 bridgehead atoms. The molecule has 0 radical (unpaired) electrons. The number of hydrogen-bond acceptors (Lipinski definition) is 2. The molecule has 0 fully saturated rings. The third-order valence-corrected chi connectivity index (χ3v) is 4.04. The first-order valence-electron chi connectivity index (χ1n) is 8.64. The van der Waals surface area contributed by atoms with E-state index < -0.39 is 0 Å². The predicted molar refractivity (Wildman–Crippen MR) is 100 cm³/mol. The van der Waals surface area contributed by atoms with E-state index in [1.54, 1.807) is 0 Å². The van der Waals surface area contributed by atoms with Crippen molar-refractivity contribution in [2.45, 2.75) is 40.2 Å². The van der Waals surface area contributed by atoms with Gasteiger partial charge in [0.25, 0.3) is 0 Å². The summed E-state index contributed by atoms with van der Waals surface area (Å²) in [6, 6.07) is 8.66. The van der Waals surface area contributed by atoms with Gasteiger partial charge in [-0.15, -0.1) is 0 Å². The number of aromatic nitrogens is 2. The Morgan fingerprint density at radius 2 is 2.00 bits per heavy atom. The Labute approximate surface area is 145 Å². The third-order valence-electron chi connectivity index (χ3n) is 4.04. The molecule has 24 heavy (non-hydrogen) atoms. The molecule has 5 heteroatoms. The summed E-state index contributed by atoms with van der Waals surface area (Å²) in [4.78, 5) is 6.93. The number of H-pyrrole nitrogens is 1. The van der Waals surface area contributed by atoms with Gasteiger partial charge in [-0.1, -0.05) is 29.8 Å². The van der Waals surface area contributed by atoms with E-state index in [1.807, 2.05) is 6.20 Å². The SMILES string of the molecule is CCNC(=NCCCc1cn[nH]c1C)N(C)Cc1ccc(C)cc1. The van der Waals surface area contributed by atoms with E-state index in [2.05, 4.69) is 72.5 Å². The highest BCUT2D eigenvalue weighted by Crippen LogP contribution is 2.07. The zero-order valence-corrected chi connectivity index (χ0v) is 15.3. The Morgan fingerprint density at radius 1 is 1.25 bits per heavy atom. The average molecular weight is 327 g/mol. The molecule has 1 aromatic heterocycles. The van der Waals surface area contributed by atoms with Gasteiger partial charge in [0.1, 0.15) is 0 Å². The molecule has 2 aromatic rings. The van der Waals surface area contributed by atoms with Crippen molar-refractivity contribution in [2.75, 3.05) is 20.1 Å². The molecule has 0 atom stereocenters. The smallest absolute Gasteiger partial charge is 0.193 e. The second-order valence-corrected chi connectivity index (χ2v) is 6.20. The second-order valence-electron chi connectivity index (χ2n) is 6.20. The van der Waals surface area contributed by atoms with E-state index in [9.17, 15) is 0 Å². The van der Waals surface area contributed by atoms with Crippen molar-refractivity contribution in [3.05, 3.63) is 52.8 Å². The van der Waals surface area contributed by atoms with Crippen LogP contribution >= 0.6 is 0 Å². The van der Waals surface area contributed by atoms with Crippen LogP contribution in [-0.4, -0.2) is 41.2 Å². The summed E-state index contributed by atoms with van der Waals surface area (Å²) >= 11 is 0. The molecule has 0 saturated carbocycles. The standard InChI is InChI=1S/C19H29N5/c1-5-20-19(21-12-6-7-18-13-22-23-16(18)3)24(4)14-17-10-8-15(2)9-11-17/h8-11,13H,5-7,12,14H2,1-4H3,(H,20,21)(H,22,23). The van der Waals surface area contributed by atoms with E-state index in [4.69, 9.17) is 4.99 Å². The molecule has 0 aliphatic carbocycles. The van der Waals surface area contributed by atoms with Gasteiger partial charge in [-0.3, -0.25) is 10.1 Å². The summed E-state index contributed by atoms with van der Waals surface area (Å²) in [5.41, 5.74) is 5.02. The minimum absolute atomic E-state index is 0.811. The van der Waals surface area contributed by atoms with Gasteiger partial charge in [-0.25, -0.2) is 0 Å². The van der Waals surface area contributed by atoms with Crippen LogP contribution in [0.1, 0.15) is 35.7 Å². The molecule has 1 heterocycles. The topological polar surface area (TPSA) is 56.3 Å². The van der Waals surface area contributed by atoms with Gasteiger partial charge in [-0.2, -0.15) is 5.10 Å². The van der Waals surface area contributed by atoms with E-state index in [1.165, 1.54) is 16.7 Å². The molecule has 0 saturated heterocycles. The number of guanidine groups is 1. The van der Waals surface area contributed by atoms with Crippen molar-refractivity contribution in [1.82, 2.24) is 20.4 Å². The van der Waals surface area contributed by atoms with Crippen LogP contribution < -0.4 is 5.32 Å². The lowest BCUT2D eigenvalue weighted by molar-refractivity contribution is 0.476. The van der Waals surface area contributed by atoms with Gasteiger partial charge in [0.15, 0.2) is 5.96 Å². The molecular formula is C19H29N5. The van der Waals surface area contributed by atoms with Gasteiger partial charge in [-0.05, 0) is 44.7 Å². The van der Waals surface area contributed by atoms with E-state index in [-0.39, 0.29) is 0 Å². The number of rotatable bonds is 7. The van der Waals surface area contributed by atoms with E-state index >= 15 is 0 Å². The lowest BCUT2D eigenvalue weighted by Gasteiger charge is -2.22. The quantitative estimate of drug-likeness (QED) is 0.467. The van der Waals surface area contributed by atoms with Crippen LogP contribution in [0.15, 0.2) is 35.5 Å². The van der Waals surface area contributed by atoms with E-state index in [0.717, 1.165) is 44.1 Å². The molecule has 0 aliphatic rings. The van der Waals surface area contributed by atoms with Crippen LogP contribution in [0.3, 0.4) is 0 Å². The molecule has 0 spiro atoms. The third kappa shape index (κ3) is 5.41. The average Bonchev–Trinajstić information content (AvgIpc) is 2.97. The predicted octanol–water partition coefficient (Wildman–Crippen LogP) is 3.06. The number of aliphatic imine (C=N–C) groups is 1. The second kappa shape index (κ2) is 9.11. The first-order valence-corrected chi connectivity index (χ1v) is 8.64. The number of aryl methyl sites for hydroxylation is 3. The molecule has 1 aromatic carbocycles. The Hall–Kier alpha value is -2.30. The number of hydrogen-bond donors (Lipinski definition) is 2. The van der Waals surface area contributed by atoms with Gasteiger partial charge in [0.05, 0.1) is 6.20 Å². The Kier molecular flexibility index (Phi) is 6.85. The van der Waals surface area contributed by atoms with E-state index in [0.29, 0.717) is 0 Å². The van der Waals surface area contributed by atoms with Crippen LogP contribution in [0.4, 0.5) is 0 Å². The van der Waals surface area contributed by atoms with Crippen LogP contribution in [0, 0.1) is 13.8 Å². The summed E-state index contributed by atoms with van der Waals surface area (Å²) in [7, 11) is 2.08. The fourth-order valence-electron chi connectivity index (χ4n) is 2.59. The van der Waals surface area contributed by atoms with Crippen molar-refractivity contribution in [3.8, 4) is 0 Å². The van der Waals surface area contributed by atoms with Crippen LogP contribution in [0.25, 0.3) is 0 Å². The zero-order chi connectivity index (χ0) is 17.4. The number of nitrogens with zero attached hydrogens (tertiary/aromatic N) is 3. The maximum atomic E-state index is 4.76. The molecule has 130 valence electrons. The molecule has 0 unspecified atom stereocenters. The van der Waals surface area contributed by atoms with Crippen molar-refractivity contribution < 1.29 is 0 Å². The lowest BCUT2D eigenvalue weighted by Crippen LogP contribution is -2.38. The summed E-state index contributed by atoms with van der Waals surface area (Å²) in [6.45, 7) is 8.81. The molecule has 0 aliphatic heterocycles. The van der Waals surface area contributed by atoms with Crippen LogP contribution in [0.5, 0.6) is 0 Å².